The Morgan fingerprint density at radius 2 is 2.00 bits per heavy atom. The lowest BCUT2D eigenvalue weighted by molar-refractivity contribution is 0.476. The van der Waals surface area contributed by atoms with E-state index in [2.05, 4.69) is 16.9 Å². The van der Waals surface area contributed by atoms with Gasteiger partial charge in [-0.1, -0.05) is 12.8 Å². The summed E-state index contributed by atoms with van der Waals surface area (Å²) in [6.07, 6.45) is 6.38. The first kappa shape index (κ1) is 15.6. The molecule has 114 valence electrons. The zero-order chi connectivity index (χ0) is 15.2. The maximum atomic E-state index is 10.1. The van der Waals surface area contributed by atoms with E-state index in [0.29, 0.717) is 5.52 Å². The molecule has 1 heterocycles. The number of aromatic nitrogens is 1. The van der Waals surface area contributed by atoms with Crippen molar-refractivity contribution in [3.63, 3.8) is 0 Å². The van der Waals surface area contributed by atoms with Crippen molar-refractivity contribution in [2.75, 3.05) is 25.0 Å². The molecule has 1 aromatic carbocycles. The molecule has 0 saturated heterocycles. The molecule has 0 aliphatic heterocycles. The second kappa shape index (κ2) is 7.27. The summed E-state index contributed by atoms with van der Waals surface area (Å²) in [6, 6.07) is 5.97. The minimum absolute atomic E-state index is 0.283. The van der Waals surface area contributed by atoms with Gasteiger partial charge in [-0.25, -0.2) is 0 Å². The van der Waals surface area contributed by atoms with Crippen molar-refractivity contribution < 1.29 is 5.11 Å². The molecule has 4 heteroatoms. The first-order valence-corrected chi connectivity index (χ1v) is 7.63. The molecule has 3 N–H and O–H groups in total. The van der Waals surface area contributed by atoms with Crippen LogP contribution in [-0.4, -0.2) is 30.2 Å². The van der Waals surface area contributed by atoms with E-state index in [1.54, 1.807) is 6.20 Å². The van der Waals surface area contributed by atoms with Crippen molar-refractivity contribution in [3.8, 4) is 5.75 Å². The van der Waals surface area contributed by atoms with Gasteiger partial charge >= 0.3 is 0 Å². The van der Waals surface area contributed by atoms with E-state index in [1.165, 1.54) is 12.8 Å². The molecule has 0 radical (unpaired) electrons. The third-order valence-electron chi connectivity index (χ3n) is 3.89. The van der Waals surface area contributed by atoms with Crippen molar-refractivity contribution in [3.05, 3.63) is 30.0 Å². The molecule has 0 aliphatic rings. The summed E-state index contributed by atoms with van der Waals surface area (Å²) in [5.41, 5.74) is 8.19. The topological polar surface area (TPSA) is 62.4 Å². The van der Waals surface area contributed by atoms with Crippen LogP contribution in [0.1, 0.15) is 31.2 Å². The minimum Gasteiger partial charge on any atom is -0.505 e. The molecule has 4 nitrogen and oxygen atoms in total. The molecule has 1 aromatic heterocycles. The van der Waals surface area contributed by atoms with Gasteiger partial charge in [0.15, 0.2) is 0 Å². The quantitative estimate of drug-likeness (QED) is 0.768. The number of nitrogens with two attached hydrogens (primary N) is 1. The largest absolute Gasteiger partial charge is 0.505 e. The zero-order valence-corrected chi connectivity index (χ0v) is 13.0. The van der Waals surface area contributed by atoms with E-state index in [4.69, 9.17) is 5.73 Å². The number of hydrogen-bond acceptors (Lipinski definition) is 4. The normalized spacial score (nSPS) is 11.0. The van der Waals surface area contributed by atoms with Crippen LogP contribution in [0.25, 0.3) is 10.9 Å². The highest BCUT2D eigenvalue weighted by Gasteiger charge is 2.12. The van der Waals surface area contributed by atoms with Gasteiger partial charge in [-0.05, 0) is 50.1 Å². The highest BCUT2D eigenvalue weighted by atomic mass is 16.3. The SMILES string of the molecule is Cc1cc(N(C)CCCCCCN)c2cccnc2c1O. The Bertz CT molecular complexity index is 598. The van der Waals surface area contributed by atoms with Gasteiger partial charge in [-0.3, -0.25) is 4.98 Å². The van der Waals surface area contributed by atoms with Gasteiger partial charge in [-0.2, -0.15) is 0 Å². The lowest BCUT2D eigenvalue weighted by atomic mass is 10.1. The molecule has 0 spiro atoms. The van der Waals surface area contributed by atoms with Crippen LogP contribution >= 0.6 is 0 Å². The average Bonchev–Trinajstić information content (AvgIpc) is 2.50. The summed E-state index contributed by atoms with van der Waals surface area (Å²) >= 11 is 0. The van der Waals surface area contributed by atoms with Gasteiger partial charge in [0.05, 0.1) is 0 Å². The third kappa shape index (κ3) is 3.64. The predicted octanol–water partition coefficient (Wildman–Crippen LogP) is 3.20. The molecule has 2 rings (SSSR count). The summed E-state index contributed by atoms with van der Waals surface area (Å²) in [5, 5.41) is 11.1. The Morgan fingerprint density at radius 3 is 2.76 bits per heavy atom. The van der Waals surface area contributed by atoms with Crippen molar-refractivity contribution in [1.29, 1.82) is 0 Å². The van der Waals surface area contributed by atoms with Gasteiger partial charge in [0.25, 0.3) is 0 Å². The molecule has 0 atom stereocenters. The summed E-state index contributed by atoms with van der Waals surface area (Å²) < 4.78 is 0. The zero-order valence-electron chi connectivity index (χ0n) is 13.0. The van der Waals surface area contributed by atoms with Crippen LogP contribution in [0.4, 0.5) is 5.69 Å². The maximum absolute atomic E-state index is 10.1. The van der Waals surface area contributed by atoms with Gasteiger partial charge in [0, 0.05) is 30.9 Å². The molecule has 0 saturated carbocycles. The van der Waals surface area contributed by atoms with Crippen molar-refractivity contribution >= 4 is 16.6 Å². The van der Waals surface area contributed by atoms with Crippen LogP contribution in [0.2, 0.25) is 0 Å². The van der Waals surface area contributed by atoms with E-state index in [0.717, 1.165) is 42.6 Å². The molecule has 2 aromatic rings. The van der Waals surface area contributed by atoms with E-state index < -0.39 is 0 Å². The monoisotopic (exact) mass is 287 g/mol. The number of pyridine rings is 1. The third-order valence-corrected chi connectivity index (χ3v) is 3.89. The van der Waals surface area contributed by atoms with Gasteiger partial charge in [0.2, 0.25) is 0 Å². The number of hydrogen-bond donors (Lipinski definition) is 2. The summed E-state index contributed by atoms with van der Waals surface area (Å²) in [7, 11) is 2.10. The van der Waals surface area contributed by atoms with Crippen LogP contribution in [0.15, 0.2) is 24.4 Å². The van der Waals surface area contributed by atoms with Crippen LogP contribution in [0.3, 0.4) is 0 Å². The standard InChI is InChI=1S/C17H25N3O/c1-13-12-15(20(2)11-6-4-3-5-9-18)14-8-7-10-19-16(14)17(13)21/h7-8,10,12,21H,3-6,9,11,18H2,1-2H3. The van der Waals surface area contributed by atoms with Crippen molar-refractivity contribution in [2.45, 2.75) is 32.6 Å². The Kier molecular flexibility index (Phi) is 5.39. The van der Waals surface area contributed by atoms with Crippen LogP contribution < -0.4 is 10.6 Å². The molecule has 0 bridgehead atoms. The number of aromatic hydroxyl groups is 1. The smallest absolute Gasteiger partial charge is 0.144 e. The minimum atomic E-state index is 0.283. The number of phenols is 1. The van der Waals surface area contributed by atoms with Crippen LogP contribution in [0, 0.1) is 6.92 Å². The van der Waals surface area contributed by atoms with E-state index in [1.807, 2.05) is 25.1 Å². The van der Waals surface area contributed by atoms with E-state index in [-0.39, 0.29) is 5.75 Å². The molecule has 0 unspecified atom stereocenters. The first-order valence-electron chi connectivity index (χ1n) is 7.63. The number of phenolic OH excluding ortho intramolecular Hbond substituents is 1. The maximum Gasteiger partial charge on any atom is 0.144 e. The van der Waals surface area contributed by atoms with Crippen LogP contribution in [-0.2, 0) is 0 Å². The highest BCUT2D eigenvalue weighted by Crippen LogP contribution is 2.34. The summed E-state index contributed by atoms with van der Waals surface area (Å²) in [4.78, 5) is 6.56. The Morgan fingerprint density at radius 1 is 1.24 bits per heavy atom. The number of aryl methyl sites for hydroxylation is 1. The fourth-order valence-electron chi connectivity index (χ4n) is 2.62. The number of anilines is 1. The second-order valence-corrected chi connectivity index (χ2v) is 5.59. The number of unbranched alkanes of at least 4 members (excludes halogenated alkanes) is 3. The first-order chi connectivity index (χ1) is 10.1. The molecule has 0 fully saturated rings. The van der Waals surface area contributed by atoms with E-state index in [9.17, 15) is 5.11 Å². The molecule has 0 aliphatic carbocycles. The number of benzene rings is 1. The number of rotatable bonds is 7. The average molecular weight is 287 g/mol. The van der Waals surface area contributed by atoms with E-state index >= 15 is 0 Å². The van der Waals surface area contributed by atoms with Gasteiger partial charge in [0.1, 0.15) is 11.3 Å². The highest BCUT2D eigenvalue weighted by molar-refractivity contribution is 5.96. The van der Waals surface area contributed by atoms with Crippen LogP contribution in [0.5, 0.6) is 5.75 Å². The van der Waals surface area contributed by atoms with Gasteiger partial charge in [-0.15, -0.1) is 0 Å². The van der Waals surface area contributed by atoms with Gasteiger partial charge < -0.3 is 15.7 Å². The lowest BCUT2D eigenvalue weighted by Gasteiger charge is -2.22. The lowest BCUT2D eigenvalue weighted by Crippen LogP contribution is -2.19. The van der Waals surface area contributed by atoms with Crippen molar-refractivity contribution in [2.24, 2.45) is 5.73 Å². The predicted molar refractivity (Wildman–Crippen MR) is 88.9 cm³/mol. The Labute approximate surface area is 126 Å². The number of fused-ring (bicyclic) bond motifs is 1. The second-order valence-electron chi connectivity index (χ2n) is 5.59. The summed E-state index contributed by atoms with van der Waals surface area (Å²) in [5.74, 6) is 0.283. The fourth-order valence-corrected chi connectivity index (χ4v) is 2.62. The summed E-state index contributed by atoms with van der Waals surface area (Å²) in [6.45, 7) is 3.70. The number of nitrogens with zero attached hydrogens (tertiary/aromatic N) is 2. The molecular formula is C17H25N3O. The molecular weight excluding hydrogens is 262 g/mol. The molecule has 21 heavy (non-hydrogen) atoms. The Balaban J connectivity index is 2.15. The van der Waals surface area contributed by atoms with Crippen molar-refractivity contribution in [1.82, 2.24) is 4.98 Å². The molecule has 0 amide bonds. The Hall–Kier alpha value is -1.81. The fraction of sp³-hybridized carbons (Fsp3) is 0.471.